The first-order chi connectivity index (χ1) is 13.2. The average Bonchev–Trinajstić information content (AvgIpc) is 3.18. The molecule has 1 aliphatic heterocycles. The van der Waals surface area contributed by atoms with E-state index >= 15 is 0 Å². The second-order valence-corrected chi connectivity index (χ2v) is 10.4. The van der Waals surface area contributed by atoms with E-state index in [1.807, 2.05) is 13.8 Å². The number of carbonyl (C=O) groups is 3. The molecule has 28 heavy (non-hydrogen) atoms. The van der Waals surface area contributed by atoms with Gasteiger partial charge in [0.05, 0.1) is 35.4 Å². The predicted molar refractivity (Wildman–Crippen MR) is 108 cm³/mol. The lowest BCUT2D eigenvalue weighted by Crippen LogP contribution is -2.63. The van der Waals surface area contributed by atoms with Gasteiger partial charge in [0.15, 0.2) is 0 Å². The normalized spacial score (nSPS) is 42.9. The SMILES string of the molecule is COC(=O)[C@@H]1C[C@@H](I)C(=O)[C@H]2[C@@]1(C)CC[C@H]1C(=O)O[C@H](c3ccoc3)C[C@]21C. The monoisotopic (exact) mass is 500 g/mol. The van der Waals surface area contributed by atoms with Crippen molar-refractivity contribution in [1.82, 2.24) is 0 Å². The Bertz CT molecular complexity index is 804. The average molecular weight is 500 g/mol. The molecule has 0 N–H and O–H groups in total. The minimum Gasteiger partial charge on any atom is -0.472 e. The molecule has 0 spiro atoms. The molecule has 0 bridgehead atoms. The lowest BCUT2D eigenvalue weighted by atomic mass is 9.43. The van der Waals surface area contributed by atoms with E-state index in [0.717, 1.165) is 5.56 Å². The predicted octanol–water partition coefficient (Wildman–Crippen LogP) is 3.87. The summed E-state index contributed by atoms with van der Waals surface area (Å²) in [6.07, 6.45) is 5.01. The minimum absolute atomic E-state index is 0.149. The van der Waals surface area contributed by atoms with Crippen LogP contribution in [0.1, 0.15) is 51.2 Å². The summed E-state index contributed by atoms with van der Waals surface area (Å²) in [5, 5.41) is 0. The van der Waals surface area contributed by atoms with Gasteiger partial charge in [-0.25, -0.2) is 0 Å². The molecule has 1 aromatic rings. The van der Waals surface area contributed by atoms with Gasteiger partial charge in [0, 0.05) is 11.5 Å². The van der Waals surface area contributed by atoms with Gasteiger partial charge in [-0.3, -0.25) is 14.4 Å². The molecule has 3 fully saturated rings. The highest BCUT2D eigenvalue weighted by Crippen LogP contribution is 2.65. The Balaban J connectivity index is 1.79. The van der Waals surface area contributed by atoms with Crippen LogP contribution >= 0.6 is 22.6 Å². The topological polar surface area (TPSA) is 82.8 Å². The maximum Gasteiger partial charge on any atom is 0.310 e. The molecule has 4 rings (SSSR count). The zero-order chi connectivity index (χ0) is 20.3. The van der Waals surface area contributed by atoms with Crippen LogP contribution in [-0.2, 0) is 23.9 Å². The van der Waals surface area contributed by atoms with Crippen molar-refractivity contribution < 1.29 is 28.3 Å². The number of furan rings is 1. The van der Waals surface area contributed by atoms with Crippen molar-refractivity contribution in [2.24, 2.45) is 28.6 Å². The van der Waals surface area contributed by atoms with Crippen LogP contribution in [0, 0.1) is 28.6 Å². The zero-order valence-electron chi connectivity index (χ0n) is 16.3. The minimum atomic E-state index is -0.572. The van der Waals surface area contributed by atoms with E-state index in [1.54, 1.807) is 18.6 Å². The van der Waals surface area contributed by atoms with Crippen molar-refractivity contribution in [2.75, 3.05) is 7.11 Å². The summed E-state index contributed by atoms with van der Waals surface area (Å²) in [5.41, 5.74) is -0.285. The number of ether oxygens (including phenoxy) is 2. The van der Waals surface area contributed by atoms with Gasteiger partial charge in [-0.05, 0) is 42.6 Å². The molecule has 2 aliphatic carbocycles. The fourth-order valence-electron chi connectivity index (χ4n) is 6.14. The van der Waals surface area contributed by atoms with Crippen LogP contribution in [0.15, 0.2) is 23.0 Å². The third-order valence-electron chi connectivity index (χ3n) is 7.49. The number of hydrogen-bond acceptors (Lipinski definition) is 6. The number of hydrogen-bond donors (Lipinski definition) is 0. The Morgan fingerprint density at radius 1 is 1.29 bits per heavy atom. The molecule has 1 saturated heterocycles. The number of rotatable bonds is 2. The third kappa shape index (κ3) is 2.75. The number of halogens is 1. The molecule has 2 saturated carbocycles. The molecular formula is C21H25IO6. The Hall–Kier alpha value is -1.38. The van der Waals surface area contributed by atoms with Crippen molar-refractivity contribution in [3.8, 4) is 0 Å². The van der Waals surface area contributed by atoms with Gasteiger partial charge in [0.25, 0.3) is 0 Å². The van der Waals surface area contributed by atoms with E-state index in [0.29, 0.717) is 25.7 Å². The lowest BCUT2D eigenvalue weighted by Gasteiger charge is -2.60. The van der Waals surface area contributed by atoms with Crippen LogP contribution < -0.4 is 0 Å². The molecule has 1 aromatic heterocycles. The van der Waals surface area contributed by atoms with E-state index in [2.05, 4.69) is 22.6 Å². The number of cyclic esters (lactones) is 1. The van der Waals surface area contributed by atoms with Crippen LogP contribution in [0.2, 0.25) is 0 Å². The van der Waals surface area contributed by atoms with Gasteiger partial charge in [0.2, 0.25) is 0 Å². The van der Waals surface area contributed by atoms with Crippen molar-refractivity contribution in [2.45, 2.75) is 49.6 Å². The lowest BCUT2D eigenvalue weighted by molar-refractivity contribution is -0.201. The second-order valence-electron chi connectivity index (χ2n) is 8.90. The molecule has 2 heterocycles. The van der Waals surface area contributed by atoms with Crippen molar-refractivity contribution in [3.05, 3.63) is 24.2 Å². The quantitative estimate of drug-likeness (QED) is 0.349. The van der Waals surface area contributed by atoms with Crippen LogP contribution in [0.4, 0.5) is 0 Å². The van der Waals surface area contributed by atoms with Gasteiger partial charge < -0.3 is 13.9 Å². The summed E-state index contributed by atoms with van der Waals surface area (Å²) in [4.78, 5) is 39.0. The molecule has 7 heteroatoms. The highest BCUT2D eigenvalue weighted by molar-refractivity contribution is 14.1. The Morgan fingerprint density at radius 2 is 2.04 bits per heavy atom. The fraction of sp³-hybridized carbons (Fsp3) is 0.667. The first kappa shape index (κ1) is 19.9. The molecular weight excluding hydrogens is 475 g/mol. The summed E-state index contributed by atoms with van der Waals surface area (Å²) in [5.74, 6) is -1.42. The Kier molecular flexibility index (Phi) is 4.87. The summed E-state index contributed by atoms with van der Waals surface area (Å²) < 4.78 is 15.7. The first-order valence-electron chi connectivity index (χ1n) is 9.70. The van der Waals surface area contributed by atoms with Crippen LogP contribution in [0.3, 0.4) is 0 Å². The number of alkyl halides is 1. The molecule has 7 atom stereocenters. The number of ketones is 1. The number of esters is 2. The largest absolute Gasteiger partial charge is 0.472 e. The van der Waals surface area contributed by atoms with Gasteiger partial charge in [-0.15, -0.1) is 0 Å². The smallest absolute Gasteiger partial charge is 0.310 e. The van der Waals surface area contributed by atoms with Crippen LogP contribution in [0.5, 0.6) is 0 Å². The molecule has 0 aromatic carbocycles. The number of Topliss-reactive ketones (excluding diaryl/α,β-unsaturated/α-hetero) is 1. The van der Waals surface area contributed by atoms with Crippen molar-refractivity contribution >= 4 is 40.3 Å². The van der Waals surface area contributed by atoms with Gasteiger partial charge in [-0.1, -0.05) is 36.4 Å². The summed E-state index contributed by atoms with van der Waals surface area (Å²) >= 11 is 2.15. The van der Waals surface area contributed by atoms with E-state index in [4.69, 9.17) is 13.9 Å². The standard InChI is InChI=1S/C21H25IO6/c1-20-6-4-12-19(25)28-15(11-5-7-27-10-11)9-21(12,2)17(20)16(23)14(22)8-13(20)18(24)26-3/h5,7,10,12-15,17H,4,6,8-9H2,1-3H3/t12-,13-,14+,15-,17-,20-,21-/m0/s1. The molecule has 0 unspecified atom stereocenters. The van der Waals surface area contributed by atoms with Gasteiger partial charge in [0.1, 0.15) is 11.9 Å². The molecule has 0 radical (unpaired) electrons. The number of methoxy groups -OCH3 is 1. The van der Waals surface area contributed by atoms with Crippen molar-refractivity contribution in [1.29, 1.82) is 0 Å². The Labute approximate surface area is 177 Å². The van der Waals surface area contributed by atoms with E-state index < -0.39 is 16.9 Å². The van der Waals surface area contributed by atoms with Crippen LogP contribution in [0.25, 0.3) is 0 Å². The van der Waals surface area contributed by atoms with E-state index in [1.165, 1.54) is 7.11 Å². The summed E-state index contributed by atoms with van der Waals surface area (Å²) in [6, 6.07) is 1.80. The van der Waals surface area contributed by atoms with Gasteiger partial charge in [-0.2, -0.15) is 0 Å². The van der Waals surface area contributed by atoms with Crippen LogP contribution in [-0.4, -0.2) is 28.8 Å². The van der Waals surface area contributed by atoms with Gasteiger partial charge >= 0.3 is 11.9 Å². The molecule has 152 valence electrons. The van der Waals surface area contributed by atoms with Crippen molar-refractivity contribution in [3.63, 3.8) is 0 Å². The maximum absolute atomic E-state index is 13.5. The molecule has 6 nitrogen and oxygen atoms in total. The number of carbonyl (C=O) groups excluding carboxylic acids is 3. The fourth-order valence-corrected chi connectivity index (χ4v) is 7.01. The first-order valence-corrected chi connectivity index (χ1v) is 10.9. The summed E-state index contributed by atoms with van der Waals surface area (Å²) in [6.45, 7) is 4.07. The molecule has 0 amide bonds. The molecule has 3 aliphatic rings. The summed E-state index contributed by atoms with van der Waals surface area (Å²) in [7, 11) is 1.40. The third-order valence-corrected chi connectivity index (χ3v) is 8.61. The zero-order valence-corrected chi connectivity index (χ0v) is 18.4. The highest BCUT2D eigenvalue weighted by atomic mass is 127. The highest BCUT2D eigenvalue weighted by Gasteiger charge is 2.67. The van der Waals surface area contributed by atoms with E-state index in [-0.39, 0.29) is 39.4 Å². The van der Waals surface area contributed by atoms with E-state index in [9.17, 15) is 14.4 Å². The maximum atomic E-state index is 13.5. The Morgan fingerprint density at radius 3 is 2.68 bits per heavy atom. The second kappa shape index (κ2) is 6.85. The number of fused-ring (bicyclic) bond motifs is 3.